The van der Waals surface area contributed by atoms with Crippen LogP contribution in [-0.2, 0) is 0 Å². The molecule has 0 amide bonds. The molecule has 0 radical (unpaired) electrons. The van der Waals surface area contributed by atoms with Crippen LogP contribution in [0.3, 0.4) is 0 Å². The third kappa shape index (κ3) is 1.35. The molecule has 0 atom stereocenters. The Morgan fingerprint density at radius 1 is 1.17 bits per heavy atom. The van der Waals surface area contributed by atoms with Crippen LogP contribution in [0.2, 0.25) is 0 Å². The molecule has 0 fully saturated rings. The standard InChI is InChI=1S/C11H12Se/c1-8(2)9-3-4-11-10(7-9)5-6-12-11/h3-8H,1-2H3. The molecule has 1 aromatic carbocycles. The van der Waals surface area contributed by atoms with Gasteiger partial charge in [0.25, 0.3) is 0 Å². The molecule has 0 spiro atoms. The molecule has 1 heteroatoms. The van der Waals surface area contributed by atoms with Gasteiger partial charge in [-0.15, -0.1) is 0 Å². The molecule has 62 valence electrons. The predicted molar refractivity (Wildman–Crippen MR) is 55.0 cm³/mol. The second kappa shape index (κ2) is 3.08. The first-order chi connectivity index (χ1) is 5.77. The average molecular weight is 223 g/mol. The van der Waals surface area contributed by atoms with Crippen molar-refractivity contribution < 1.29 is 0 Å². The number of hydrogen-bond donors (Lipinski definition) is 0. The van der Waals surface area contributed by atoms with E-state index in [1.807, 2.05) is 0 Å². The second-order valence-electron chi connectivity index (χ2n) is 3.37. The normalized spacial score (nSPS) is 11.2. The van der Waals surface area contributed by atoms with Crippen molar-refractivity contribution in [3.8, 4) is 0 Å². The Morgan fingerprint density at radius 3 is 2.75 bits per heavy atom. The third-order valence-electron chi connectivity index (χ3n) is 2.14. The molecule has 0 saturated carbocycles. The van der Waals surface area contributed by atoms with Crippen LogP contribution in [0.1, 0.15) is 25.3 Å². The summed E-state index contributed by atoms with van der Waals surface area (Å²) in [5.74, 6) is 0.650. The zero-order valence-corrected chi connectivity index (χ0v) is 9.09. The topological polar surface area (TPSA) is 0 Å². The maximum absolute atomic E-state index is 2.32. The second-order valence-corrected chi connectivity index (χ2v) is 5.36. The van der Waals surface area contributed by atoms with Gasteiger partial charge in [-0.3, -0.25) is 0 Å². The maximum atomic E-state index is 2.32. The first-order valence-electron chi connectivity index (χ1n) is 4.24. The van der Waals surface area contributed by atoms with Crippen LogP contribution >= 0.6 is 0 Å². The minimum atomic E-state index is 0.602. The Labute approximate surface area is 79.0 Å². The number of hydrogen-bond acceptors (Lipinski definition) is 0. The van der Waals surface area contributed by atoms with Crippen molar-refractivity contribution in [1.82, 2.24) is 0 Å². The molecule has 0 unspecified atom stereocenters. The molecule has 12 heavy (non-hydrogen) atoms. The van der Waals surface area contributed by atoms with Gasteiger partial charge in [0.1, 0.15) is 0 Å². The van der Waals surface area contributed by atoms with Gasteiger partial charge in [-0.1, -0.05) is 0 Å². The third-order valence-corrected chi connectivity index (χ3v) is 4.03. The summed E-state index contributed by atoms with van der Waals surface area (Å²) in [6.45, 7) is 4.48. The molecule has 1 heterocycles. The van der Waals surface area contributed by atoms with Crippen LogP contribution in [0, 0.1) is 0 Å². The van der Waals surface area contributed by atoms with Crippen molar-refractivity contribution in [3.63, 3.8) is 0 Å². The molecule has 0 nitrogen and oxygen atoms in total. The number of benzene rings is 1. The van der Waals surface area contributed by atoms with Crippen LogP contribution < -0.4 is 0 Å². The zero-order chi connectivity index (χ0) is 8.55. The quantitative estimate of drug-likeness (QED) is 0.652. The van der Waals surface area contributed by atoms with E-state index in [0.717, 1.165) is 0 Å². The van der Waals surface area contributed by atoms with Crippen molar-refractivity contribution in [2.45, 2.75) is 19.8 Å². The fraction of sp³-hybridized carbons (Fsp3) is 0.273. The van der Waals surface area contributed by atoms with E-state index >= 15 is 0 Å². The van der Waals surface area contributed by atoms with Crippen molar-refractivity contribution in [1.29, 1.82) is 0 Å². The molecule has 2 aromatic rings. The van der Waals surface area contributed by atoms with Gasteiger partial charge in [0.15, 0.2) is 0 Å². The molecule has 2 rings (SSSR count). The summed E-state index contributed by atoms with van der Waals surface area (Å²) in [5.41, 5.74) is 1.45. The van der Waals surface area contributed by atoms with E-state index in [-0.39, 0.29) is 0 Å². The first-order valence-corrected chi connectivity index (χ1v) is 6.09. The average Bonchev–Trinajstić information content (AvgIpc) is 2.49. The Kier molecular flexibility index (Phi) is 2.08. The van der Waals surface area contributed by atoms with Crippen molar-refractivity contribution >= 4 is 24.1 Å². The number of fused-ring (bicyclic) bond motifs is 1. The number of rotatable bonds is 1. The molecular formula is C11H12Se. The molecule has 1 aromatic heterocycles. The van der Waals surface area contributed by atoms with E-state index in [1.54, 1.807) is 0 Å². The van der Waals surface area contributed by atoms with Gasteiger partial charge in [0.2, 0.25) is 0 Å². The molecule has 0 aliphatic rings. The Hall–Kier alpha value is -0.521. The molecule has 0 aliphatic heterocycles. The van der Waals surface area contributed by atoms with Crippen molar-refractivity contribution in [2.75, 3.05) is 0 Å². The minimum absolute atomic E-state index is 0.602. The Morgan fingerprint density at radius 2 is 2.00 bits per heavy atom. The van der Waals surface area contributed by atoms with Crippen LogP contribution in [0.5, 0.6) is 0 Å². The van der Waals surface area contributed by atoms with Gasteiger partial charge in [-0.2, -0.15) is 0 Å². The summed E-state index contributed by atoms with van der Waals surface area (Å²) in [7, 11) is 0. The van der Waals surface area contributed by atoms with E-state index in [1.165, 1.54) is 15.2 Å². The van der Waals surface area contributed by atoms with Crippen molar-refractivity contribution in [2.24, 2.45) is 0 Å². The predicted octanol–water partition coefficient (Wildman–Crippen LogP) is 3.02. The van der Waals surface area contributed by atoms with Gasteiger partial charge in [-0.05, 0) is 0 Å². The first kappa shape index (κ1) is 8.09. The summed E-state index contributed by atoms with van der Waals surface area (Å²) in [6.07, 6.45) is 0. The molecule has 0 bridgehead atoms. The summed E-state index contributed by atoms with van der Waals surface area (Å²) >= 11 is 0.602. The Bertz CT molecular complexity index is 385. The summed E-state index contributed by atoms with van der Waals surface area (Å²) in [5, 5.41) is 1.45. The van der Waals surface area contributed by atoms with Crippen LogP contribution in [0.25, 0.3) is 9.65 Å². The summed E-state index contributed by atoms with van der Waals surface area (Å²) < 4.78 is 1.53. The van der Waals surface area contributed by atoms with E-state index in [0.29, 0.717) is 20.4 Å². The molecular weight excluding hydrogens is 211 g/mol. The van der Waals surface area contributed by atoms with E-state index in [2.05, 4.69) is 43.1 Å². The van der Waals surface area contributed by atoms with Gasteiger partial charge in [0.05, 0.1) is 0 Å². The summed E-state index contributed by atoms with van der Waals surface area (Å²) in [4.78, 5) is 2.29. The van der Waals surface area contributed by atoms with Crippen LogP contribution in [0.4, 0.5) is 0 Å². The fourth-order valence-corrected chi connectivity index (χ4v) is 2.96. The van der Waals surface area contributed by atoms with E-state index in [9.17, 15) is 0 Å². The molecule has 0 aliphatic carbocycles. The van der Waals surface area contributed by atoms with E-state index < -0.39 is 0 Å². The van der Waals surface area contributed by atoms with Crippen molar-refractivity contribution in [3.05, 3.63) is 34.8 Å². The van der Waals surface area contributed by atoms with Gasteiger partial charge < -0.3 is 0 Å². The van der Waals surface area contributed by atoms with E-state index in [4.69, 9.17) is 0 Å². The summed E-state index contributed by atoms with van der Waals surface area (Å²) in [6, 6.07) is 9.12. The fourth-order valence-electron chi connectivity index (χ4n) is 1.34. The SMILES string of the molecule is CC(C)c1ccc2[se]ccc2c1. The van der Waals surface area contributed by atoms with Gasteiger partial charge in [0, 0.05) is 0 Å². The Balaban J connectivity index is 2.60. The van der Waals surface area contributed by atoms with Gasteiger partial charge >= 0.3 is 78.7 Å². The molecule has 0 N–H and O–H groups in total. The monoisotopic (exact) mass is 224 g/mol. The van der Waals surface area contributed by atoms with Crippen LogP contribution in [-0.4, -0.2) is 14.5 Å². The van der Waals surface area contributed by atoms with Crippen LogP contribution in [0.15, 0.2) is 29.2 Å². The van der Waals surface area contributed by atoms with Gasteiger partial charge in [-0.25, -0.2) is 0 Å². The molecule has 0 saturated heterocycles. The zero-order valence-electron chi connectivity index (χ0n) is 7.37.